The van der Waals surface area contributed by atoms with Gasteiger partial charge in [-0.25, -0.2) is 0 Å². The van der Waals surface area contributed by atoms with Gasteiger partial charge < -0.3 is 10.2 Å². The number of hydrogen-bond acceptors (Lipinski definition) is 3. The fourth-order valence-electron chi connectivity index (χ4n) is 2.32. The third kappa shape index (κ3) is 4.38. The molecule has 0 aromatic carbocycles. The first-order chi connectivity index (χ1) is 8.69. The van der Waals surface area contributed by atoms with Gasteiger partial charge in [-0.15, -0.1) is 11.3 Å². The van der Waals surface area contributed by atoms with Crippen LogP contribution in [0, 0.1) is 12.8 Å². The molecule has 1 fully saturated rings. The Morgan fingerprint density at radius 3 is 2.89 bits per heavy atom. The zero-order valence-corrected chi connectivity index (χ0v) is 12.8. The first-order valence-electron chi connectivity index (χ1n) is 7.16. The van der Waals surface area contributed by atoms with E-state index in [1.807, 2.05) is 11.3 Å². The van der Waals surface area contributed by atoms with E-state index < -0.39 is 0 Å². The van der Waals surface area contributed by atoms with Crippen molar-refractivity contribution in [2.45, 2.75) is 46.2 Å². The van der Waals surface area contributed by atoms with Crippen molar-refractivity contribution >= 4 is 11.3 Å². The highest BCUT2D eigenvalue weighted by atomic mass is 32.1. The summed E-state index contributed by atoms with van der Waals surface area (Å²) in [6.07, 6.45) is 4.10. The van der Waals surface area contributed by atoms with Gasteiger partial charge in [0.1, 0.15) is 0 Å². The first-order valence-corrected chi connectivity index (χ1v) is 7.98. The SMILES string of the molecule is CCCNCc1cc(CN(C)CC2CC2)c(C)s1. The summed E-state index contributed by atoms with van der Waals surface area (Å²) in [7, 11) is 2.25. The normalized spacial score (nSPS) is 15.6. The van der Waals surface area contributed by atoms with Gasteiger partial charge in [0.05, 0.1) is 0 Å². The minimum atomic E-state index is 0.986. The second-order valence-electron chi connectivity index (χ2n) is 5.61. The smallest absolute Gasteiger partial charge is 0.0299 e. The Morgan fingerprint density at radius 1 is 1.44 bits per heavy atom. The maximum Gasteiger partial charge on any atom is 0.0299 e. The summed E-state index contributed by atoms with van der Waals surface area (Å²) in [5.74, 6) is 0.986. The number of nitrogens with zero attached hydrogens (tertiary/aromatic N) is 1. The van der Waals surface area contributed by atoms with E-state index in [0.29, 0.717) is 0 Å². The lowest BCUT2D eigenvalue weighted by Crippen LogP contribution is -2.20. The quantitative estimate of drug-likeness (QED) is 0.726. The molecule has 1 aromatic rings. The molecule has 0 spiro atoms. The van der Waals surface area contributed by atoms with Crippen LogP contribution in [-0.4, -0.2) is 25.0 Å². The van der Waals surface area contributed by atoms with Crippen molar-refractivity contribution in [3.63, 3.8) is 0 Å². The molecule has 0 bridgehead atoms. The van der Waals surface area contributed by atoms with E-state index in [0.717, 1.165) is 25.6 Å². The Balaban J connectivity index is 1.83. The van der Waals surface area contributed by atoms with E-state index in [1.54, 1.807) is 0 Å². The van der Waals surface area contributed by atoms with Crippen molar-refractivity contribution in [3.8, 4) is 0 Å². The minimum absolute atomic E-state index is 0.986. The first kappa shape index (κ1) is 14.0. The van der Waals surface area contributed by atoms with Crippen LogP contribution in [0.4, 0.5) is 0 Å². The summed E-state index contributed by atoms with van der Waals surface area (Å²) in [4.78, 5) is 5.46. The number of rotatable bonds is 8. The molecule has 18 heavy (non-hydrogen) atoms. The van der Waals surface area contributed by atoms with Crippen LogP contribution in [0.1, 0.15) is 41.5 Å². The van der Waals surface area contributed by atoms with E-state index in [-0.39, 0.29) is 0 Å². The molecule has 1 aromatic heterocycles. The van der Waals surface area contributed by atoms with Gasteiger partial charge in [0, 0.05) is 29.4 Å². The average Bonchev–Trinajstić information content (AvgIpc) is 3.05. The molecule has 0 aliphatic heterocycles. The van der Waals surface area contributed by atoms with Crippen LogP contribution in [0.25, 0.3) is 0 Å². The van der Waals surface area contributed by atoms with E-state index in [4.69, 9.17) is 0 Å². The van der Waals surface area contributed by atoms with Crippen molar-refractivity contribution in [3.05, 3.63) is 21.4 Å². The van der Waals surface area contributed by atoms with Crippen LogP contribution in [-0.2, 0) is 13.1 Å². The fraction of sp³-hybridized carbons (Fsp3) is 0.733. The molecule has 0 unspecified atom stereocenters. The Kier molecular flexibility index (Phi) is 5.22. The molecule has 1 N–H and O–H groups in total. The van der Waals surface area contributed by atoms with E-state index in [2.05, 4.69) is 37.2 Å². The van der Waals surface area contributed by atoms with Crippen LogP contribution in [0.2, 0.25) is 0 Å². The molecule has 3 heteroatoms. The molecule has 2 rings (SSSR count). The van der Waals surface area contributed by atoms with Crippen LogP contribution in [0.3, 0.4) is 0 Å². The molecule has 1 saturated carbocycles. The second-order valence-corrected chi connectivity index (χ2v) is 6.95. The highest BCUT2D eigenvalue weighted by molar-refractivity contribution is 7.12. The highest BCUT2D eigenvalue weighted by Gasteiger charge is 2.23. The highest BCUT2D eigenvalue weighted by Crippen LogP contribution is 2.30. The number of hydrogen-bond donors (Lipinski definition) is 1. The lowest BCUT2D eigenvalue weighted by atomic mass is 10.2. The van der Waals surface area contributed by atoms with Crippen molar-refractivity contribution in [2.24, 2.45) is 5.92 Å². The number of thiophene rings is 1. The largest absolute Gasteiger partial charge is 0.312 e. The summed E-state index contributed by atoms with van der Waals surface area (Å²) in [6.45, 7) is 9.02. The van der Waals surface area contributed by atoms with Gasteiger partial charge >= 0.3 is 0 Å². The van der Waals surface area contributed by atoms with E-state index in [9.17, 15) is 0 Å². The molecule has 0 saturated heterocycles. The molecule has 0 amide bonds. The molecular weight excluding hydrogens is 240 g/mol. The van der Waals surface area contributed by atoms with Crippen LogP contribution in [0.15, 0.2) is 6.07 Å². The van der Waals surface area contributed by atoms with Crippen molar-refractivity contribution in [1.29, 1.82) is 0 Å². The second kappa shape index (κ2) is 6.69. The zero-order chi connectivity index (χ0) is 13.0. The third-order valence-electron chi connectivity index (χ3n) is 3.50. The number of nitrogens with one attached hydrogen (secondary N) is 1. The molecule has 1 aliphatic rings. The monoisotopic (exact) mass is 266 g/mol. The maximum atomic E-state index is 3.48. The summed E-state index contributed by atoms with van der Waals surface area (Å²) in [5, 5.41) is 3.48. The average molecular weight is 266 g/mol. The lowest BCUT2D eigenvalue weighted by Gasteiger charge is -2.15. The molecular formula is C15H26N2S. The Morgan fingerprint density at radius 2 is 2.22 bits per heavy atom. The van der Waals surface area contributed by atoms with Crippen LogP contribution >= 0.6 is 11.3 Å². The topological polar surface area (TPSA) is 15.3 Å². The lowest BCUT2D eigenvalue weighted by molar-refractivity contribution is 0.313. The molecule has 2 nitrogen and oxygen atoms in total. The Hall–Kier alpha value is -0.380. The molecule has 0 atom stereocenters. The third-order valence-corrected chi connectivity index (χ3v) is 4.60. The van der Waals surface area contributed by atoms with Gasteiger partial charge in [-0.2, -0.15) is 0 Å². The van der Waals surface area contributed by atoms with Gasteiger partial charge in [-0.05, 0) is 57.3 Å². The van der Waals surface area contributed by atoms with Crippen molar-refractivity contribution in [1.82, 2.24) is 10.2 Å². The van der Waals surface area contributed by atoms with Gasteiger partial charge in [-0.3, -0.25) is 0 Å². The fourth-order valence-corrected chi connectivity index (χ4v) is 3.34. The summed E-state index contributed by atoms with van der Waals surface area (Å²) < 4.78 is 0. The summed E-state index contributed by atoms with van der Waals surface area (Å²) >= 11 is 1.95. The predicted octanol–water partition coefficient (Wildman–Crippen LogP) is 3.40. The van der Waals surface area contributed by atoms with Gasteiger partial charge in [0.2, 0.25) is 0 Å². The van der Waals surface area contributed by atoms with Crippen LogP contribution < -0.4 is 5.32 Å². The molecule has 1 aliphatic carbocycles. The van der Waals surface area contributed by atoms with Crippen LogP contribution in [0.5, 0.6) is 0 Å². The summed E-state index contributed by atoms with van der Waals surface area (Å²) in [5.41, 5.74) is 1.52. The standard InChI is InChI=1S/C15H26N2S/c1-4-7-16-9-15-8-14(12(2)18-15)11-17(3)10-13-5-6-13/h8,13,16H,4-7,9-11H2,1-3H3. The molecule has 102 valence electrons. The number of aryl methyl sites for hydroxylation is 1. The zero-order valence-electron chi connectivity index (χ0n) is 12.0. The molecule has 0 radical (unpaired) electrons. The van der Waals surface area contributed by atoms with Gasteiger partial charge in [0.15, 0.2) is 0 Å². The minimum Gasteiger partial charge on any atom is -0.312 e. The van der Waals surface area contributed by atoms with Crippen molar-refractivity contribution in [2.75, 3.05) is 20.1 Å². The van der Waals surface area contributed by atoms with Gasteiger partial charge in [-0.1, -0.05) is 6.92 Å². The van der Waals surface area contributed by atoms with Crippen molar-refractivity contribution < 1.29 is 0 Å². The predicted molar refractivity (Wildman–Crippen MR) is 80.1 cm³/mol. The van der Waals surface area contributed by atoms with Gasteiger partial charge in [0.25, 0.3) is 0 Å². The van der Waals surface area contributed by atoms with E-state index in [1.165, 1.54) is 41.1 Å². The Bertz CT molecular complexity index is 369. The maximum absolute atomic E-state index is 3.48. The summed E-state index contributed by atoms with van der Waals surface area (Å²) in [6, 6.07) is 2.39. The molecule has 1 heterocycles. The van der Waals surface area contributed by atoms with E-state index >= 15 is 0 Å². The Labute approximate surface area is 115 Å².